The summed E-state index contributed by atoms with van der Waals surface area (Å²) in [6.07, 6.45) is -1.36. The minimum Gasteiger partial charge on any atom is -0.351 e. The lowest BCUT2D eigenvalue weighted by molar-refractivity contribution is -0.0122. The van der Waals surface area contributed by atoms with Gasteiger partial charge >= 0.3 is 0 Å². The molecule has 0 saturated carbocycles. The van der Waals surface area contributed by atoms with E-state index in [1.54, 1.807) is 24.3 Å². The second-order valence-electron chi connectivity index (χ2n) is 6.76. The lowest BCUT2D eigenvalue weighted by Crippen LogP contribution is -2.28. The molecule has 1 aliphatic rings. The zero-order valence-electron chi connectivity index (χ0n) is 16.9. The minimum atomic E-state index is -1.49. The number of anilines is 1. The second kappa shape index (κ2) is 8.10. The molecule has 1 aliphatic heterocycles. The van der Waals surface area contributed by atoms with Gasteiger partial charge in [-0.2, -0.15) is 0 Å². The van der Waals surface area contributed by atoms with E-state index in [1.165, 1.54) is 17.2 Å². The van der Waals surface area contributed by atoms with Gasteiger partial charge in [0.05, 0.1) is 12.4 Å². The molecule has 152 valence electrons. The lowest BCUT2D eigenvalue weighted by Gasteiger charge is -2.19. The highest BCUT2D eigenvalue weighted by Gasteiger charge is 2.46. The molecule has 8 nitrogen and oxygen atoms in total. The molecule has 1 amide bonds. The van der Waals surface area contributed by atoms with Crippen LogP contribution in [-0.2, 0) is 9.26 Å². The van der Waals surface area contributed by atoms with Gasteiger partial charge in [0.15, 0.2) is 29.4 Å². The van der Waals surface area contributed by atoms with Crippen LogP contribution in [0.1, 0.15) is 24.9 Å². The monoisotopic (exact) mass is 418 g/mol. The molecule has 1 N–H and O–H groups in total. The molecule has 3 heterocycles. The molecule has 1 aromatic carbocycles. The summed E-state index contributed by atoms with van der Waals surface area (Å²) in [5.74, 6) is -0.121. The van der Waals surface area contributed by atoms with Crippen LogP contribution in [0.5, 0.6) is 0 Å². The van der Waals surface area contributed by atoms with Gasteiger partial charge < -0.3 is 14.6 Å². The molecule has 4 atom stereocenters. The fraction of sp³-hybridized carbons (Fsp3) is 0.368. The number of nitrogens with one attached hydrogen (secondary N) is 1. The van der Waals surface area contributed by atoms with E-state index in [2.05, 4.69) is 20.3 Å². The number of carbonyl (C=O) groups excluding carboxylic acids is 1. The number of rotatable bonds is 5. The fourth-order valence-corrected chi connectivity index (χ4v) is 3.93. The van der Waals surface area contributed by atoms with Crippen molar-refractivity contribution in [1.82, 2.24) is 19.5 Å². The largest absolute Gasteiger partial charge is 0.351 e. The summed E-state index contributed by atoms with van der Waals surface area (Å²) in [4.78, 5) is 25.1. The predicted octanol–water partition coefficient (Wildman–Crippen LogP) is 3.38. The maximum Gasteiger partial charge on any atom is 0.256 e. The third-order valence-electron chi connectivity index (χ3n) is 4.50. The summed E-state index contributed by atoms with van der Waals surface area (Å²) in [5, 5.41) is 2.72. The zero-order chi connectivity index (χ0) is 21.3. The second-order valence-corrected chi connectivity index (χ2v) is 8.59. The molecule has 1 saturated heterocycles. The highest BCUT2D eigenvalue weighted by Crippen LogP contribution is 2.41. The van der Waals surface area contributed by atoms with Crippen molar-refractivity contribution in [3.05, 3.63) is 48.5 Å². The first-order chi connectivity index (χ1) is 14.5. The number of hydrogen-bond acceptors (Lipinski definition) is 6. The summed E-state index contributed by atoms with van der Waals surface area (Å²) in [6, 6.07) is 8.71. The van der Waals surface area contributed by atoms with E-state index >= 15 is 4.39 Å². The van der Waals surface area contributed by atoms with Crippen molar-refractivity contribution in [3.8, 4) is 0 Å². The maximum atomic E-state index is 15.2. The van der Waals surface area contributed by atoms with Crippen LogP contribution in [0.4, 0.5) is 10.2 Å². The van der Waals surface area contributed by atoms with Crippen LogP contribution >= 0.6 is 8.15 Å². The van der Waals surface area contributed by atoms with E-state index in [0.29, 0.717) is 16.7 Å². The normalized spacial score (nSPS) is 24.8. The first-order valence-electron chi connectivity index (χ1n) is 9.67. The molecule has 29 heavy (non-hydrogen) atoms. The van der Waals surface area contributed by atoms with Crippen molar-refractivity contribution >= 4 is 31.0 Å². The Morgan fingerprint density at radius 3 is 2.83 bits per heavy atom. The molecule has 2 aromatic heterocycles. The van der Waals surface area contributed by atoms with Crippen molar-refractivity contribution in [3.63, 3.8) is 0 Å². The topological polar surface area (TPSA) is 91.2 Å². The SMILES string of the molecule is [2H]C[C@H]1OC(n2cnc3c(NC(=O)c4ccccc4)ncnc32)[C@H](F)[C@@H]1OP(C)C. The molecular weight excluding hydrogens is 396 g/mol. The Morgan fingerprint density at radius 1 is 1.31 bits per heavy atom. The van der Waals surface area contributed by atoms with E-state index in [1.807, 2.05) is 19.4 Å². The minimum absolute atomic E-state index is 0.120. The van der Waals surface area contributed by atoms with Gasteiger partial charge in [-0.05, 0) is 32.4 Å². The number of amides is 1. The van der Waals surface area contributed by atoms with Gasteiger partial charge in [0.25, 0.3) is 5.91 Å². The fourth-order valence-electron chi connectivity index (χ4n) is 3.19. The van der Waals surface area contributed by atoms with Gasteiger partial charge in [0.1, 0.15) is 12.4 Å². The molecule has 10 heteroatoms. The number of fused-ring (bicyclic) bond motifs is 1. The third kappa shape index (κ3) is 3.85. The first kappa shape index (κ1) is 18.5. The Hall–Kier alpha value is -2.48. The van der Waals surface area contributed by atoms with Gasteiger partial charge in [0.2, 0.25) is 0 Å². The summed E-state index contributed by atoms with van der Waals surface area (Å²) in [7, 11) is -0.820. The van der Waals surface area contributed by atoms with Crippen molar-refractivity contribution in [2.75, 3.05) is 18.6 Å². The zero-order valence-corrected chi connectivity index (χ0v) is 16.8. The van der Waals surface area contributed by atoms with Crippen molar-refractivity contribution in [1.29, 1.82) is 0 Å². The number of halogens is 1. The number of carbonyl (C=O) groups is 1. The Bertz CT molecular complexity index is 1040. The average molecular weight is 418 g/mol. The smallest absolute Gasteiger partial charge is 0.256 e. The summed E-state index contributed by atoms with van der Waals surface area (Å²) < 4.78 is 35.8. The molecule has 3 aromatic rings. The van der Waals surface area contributed by atoms with Crippen LogP contribution in [0.15, 0.2) is 43.0 Å². The molecule has 4 rings (SSSR count). The lowest BCUT2D eigenvalue weighted by atomic mass is 10.2. The molecule has 1 fully saturated rings. The van der Waals surface area contributed by atoms with E-state index in [-0.39, 0.29) is 18.6 Å². The number of nitrogens with zero attached hydrogens (tertiary/aromatic N) is 4. The molecule has 0 radical (unpaired) electrons. The Kier molecular flexibility index (Phi) is 5.18. The van der Waals surface area contributed by atoms with E-state index < -0.39 is 32.8 Å². The average Bonchev–Trinajstić information content (AvgIpc) is 3.30. The molecule has 0 aliphatic carbocycles. The van der Waals surface area contributed by atoms with Crippen molar-refractivity contribution < 1.29 is 19.8 Å². The summed E-state index contributed by atoms with van der Waals surface area (Å²) in [6.45, 7) is 3.63. The van der Waals surface area contributed by atoms with Crippen LogP contribution < -0.4 is 5.32 Å². The molecule has 0 spiro atoms. The van der Waals surface area contributed by atoms with Crippen LogP contribution in [0.25, 0.3) is 11.2 Å². The highest BCUT2D eigenvalue weighted by atomic mass is 31.1. The maximum absolute atomic E-state index is 15.2. The van der Waals surface area contributed by atoms with Gasteiger partial charge in [0, 0.05) is 15.1 Å². The van der Waals surface area contributed by atoms with Crippen LogP contribution in [-0.4, -0.2) is 57.1 Å². The van der Waals surface area contributed by atoms with Gasteiger partial charge in [-0.1, -0.05) is 18.2 Å². The standard InChI is InChI=1S/C19H21FN5O3P/c1-11-15(28-29(2)3)13(20)19(27-11)25-10-23-14-16(21-9-22-17(14)25)24-18(26)12-7-5-4-6-8-12/h4-11,13,15,19H,1-3H3,(H,21,22,24,26)/t11-,13-,15-,19?/m1/s1/i1D. The number of ether oxygens (including phenoxy) is 1. The molecule has 0 bridgehead atoms. The molecular formula is C19H21FN5O3P. The number of alkyl halides is 1. The van der Waals surface area contributed by atoms with E-state index in [4.69, 9.17) is 10.6 Å². The third-order valence-corrected chi connectivity index (χ3v) is 5.17. The Labute approximate surface area is 169 Å². The van der Waals surface area contributed by atoms with Crippen molar-refractivity contribution in [2.45, 2.75) is 31.5 Å². The van der Waals surface area contributed by atoms with Crippen LogP contribution in [0.3, 0.4) is 0 Å². The number of aromatic nitrogens is 4. The van der Waals surface area contributed by atoms with E-state index in [9.17, 15) is 4.79 Å². The Morgan fingerprint density at radius 2 is 2.10 bits per heavy atom. The number of benzene rings is 1. The molecule has 1 unspecified atom stereocenters. The van der Waals surface area contributed by atoms with Crippen LogP contribution in [0, 0.1) is 0 Å². The number of hydrogen-bond donors (Lipinski definition) is 1. The number of imidazole rings is 1. The predicted molar refractivity (Wildman–Crippen MR) is 108 cm³/mol. The van der Waals surface area contributed by atoms with Gasteiger partial charge in [-0.15, -0.1) is 0 Å². The van der Waals surface area contributed by atoms with E-state index in [0.717, 1.165) is 0 Å². The van der Waals surface area contributed by atoms with Gasteiger partial charge in [-0.25, -0.2) is 19.3 Å². The Balaban J connectivity index is 1.63. The van der Waals surface area contributed by atoms with Gasteiger partial charge in [-0.3, -0.25) is 9.36 Å². The summed E-state index contributed by atoms with van der Waals surface area (Å²) >= 11 is 0. The van der Waals surface area contributed by atoms with Crippen LogP contribution in [0.2, 0.25) is 0 Å². The summed E-state index contributed by atoms with van der Waals surface area (Å²) in [5.41, 5.74) is 1.11. The van der Waals surface area contributed by atoms with Crippen molar-refractivity contribution in [2.24, 2.45) is 0 Å². The highest BCUT2D eigenvalue weighted by molar-refractivity contribution is 7.50. The quantitative estimate of drug-likeness (QED) is 0.639. The first-order valence-corrected chi connectivity index (χ1v) is 11.1.